The van der Waals surface area contributed by atoms with E-state index < -0.39 is 5.97 Å². The summed E-state index contributed by atoms with van der Waals surface area (Å²) < 4.78 is 5.85. The van der Waals surface area contributed by atoms with E-state index in [4.69, 9.17) is 9.84 Å². The Hall–Kier alpha value is -1.59. The van der Waals surface area contributed by atoms with Gasteiger partial charge in [0.15, 0.2) is 0 Å². The van der Waals surface area contributed by atoms with Gasteiger partial charge in [-0.25, -0.2) is 0 Å². The summed E-state index contributed by atoms with van der Waals surface area (Å²) in [6, 6.07) is 0. The van der Waals surface area contributed by atoms with Crippen molar-refractivity contribution in [2.45, 2.75) is 219 Å². The SMILES string of the molecule is CCCCCCCCCCCCCCCCCCCCCCCC(=O)OC(CCCCC)CCCCCC(=O)NCC(=O)O. The normalized spacial score (nSPS) is 11.9. The number of ether oxygens (including phenoxy) is 1. The zero-order valence-electron chi connectivity index (χ0n) is 29.3. The first-order valence-electron chi connectivity index (χ1n) is 19.2. The second kappa shape index (κ2) is 34.3. The maximum absolute atomic E-state index is 12.5. The van der Waals surface area contributed by atoms with Gasteiger partial charge in [0.05, 0.1) is 0 Å². The first kappa shape index (κ1) is 42.4. The Bertz CT molecular complexity index is 653. The van der Waals surface area contributed by atoms with E-state index in [1.165, 1.54) is 122 Å². The number of carbonyl (C=O) groups is 3. The quantitative estimate of drug-likeness (QED) is 0.0541. The van der Waals surface area contributed by atoms with E-state index in [2.05, 4.69) is 19.2 Å². The third-order valence-corrected chi connectivity index (χ3v) is 8.78. The molecule has 0 saturated heterocycles. The van der Waals surface area contributed by atoms with Crippen LogP contribution >= 0.6 is 0 Å². The standard InChI is InChI=1S/C38H73NO5/c1-3-5-7-8-9-10-11-12-13-14-15-16-17-18-19-20-21-22-23-24-29-33-38(43)44-35(30-26-6-4-2)31-27-25-28-32-36(40)39-34-37(41)42/h35H,3-34H2,1-2H3,(H,39,40)(H,41,42). The van der Waals surface area contributed by atoms with Gasteiger partial charge in [0.1, 0.15) is 12.6 Å². The van der Waals surface area contributed by atoms with Crippen molar-refractivity contribution in [2.75, 3.05) is 6.54 Å². The molecule has 0 rings (SSSR count). The molecule has 0 saturated carbocycles. The molecule has 0 aliphatic carbocycles. The molecule has 0 aromatic rings. The summed E-state index contributed by atoms with van der Waals surface area (Å²) in [5, 5.41) is 11.0. The van der Waals surface area contributed by atoms with E-state index in [-0.39, 0.29) is 24.5 Å². The number of esters is 1. The maximum atomic E-state index is 12.5. The molecule has 260 valence electrons. The second-order valence-corrected chi connectivity index (χ2v) is 13.2. The van der Waals surface area contributed by atoms with Crippen LogP contribution in [0, 0.1) is 0 Å². The zero-order chi connectivity index (χ0) is 32.4. The molecule has 0 aliphatic rings. The van der Waals surface area contributed by atoms with Crippen LogP contribution in [0.3, 0.4) is 0 Å². The number of carboxylic acids is 1. The van der Waals surface area contributed by atoms with Crippen LogP contribution in [0.4, 0.5) is 0 Å². The Morgan fingerprint density at radius 3 is 1.27 bits per heavy atom. The third kappa shape index (κ3) is 33.3. The molecule has 2 N–H and O–H groups in total. The van der Waals surface area contributed by atoms with Crippen molar-refractivity contribution < 1.29 is 24.2 Å². The topological polar surface area (TPSA) is 92.7 Å². The van der Waals surface area contributed by atoms with Crippen molar-refractivity contribution in [3.8, 4) is 0 Å². The molecule has 1 amide bonds. The molecule has 44 heavy (non-hydrogen) atoms. The van der Waals surface area contributed by atoms with Crippen LogP contribution in [0.5, 0.6) is 0 Å². The molecule has 0 aromatic heterocycles. The van der Waals surface area contributed by atoms with Crippen molar-refractivity contribution in [2.24, 2.45) is 0 Å². The second-order valence-electron chi connectivity index (χ2n) is 13.2. The third-order valence-electron chi connectivity index (χ3n) is 8.78. The molecule has 0 heterocycles. The molecule has 1 atom stereocenters. The summed E-state index contributed by atoms with van der Waals surface area (Å²) in [7, 11) is 0. The summed E-state index contributed by atoms with van der Waals surface area (Å²) in [6.07, 6.45) is 37.0. The molecule has 1 unspecified atom stereocenters. The highest BCUT2D eigenvalue weighted by molar-refractivity contribution is 5.80. The summed E-state index contributed by atoms with van der Waals surface area (Å²) in [4.78, 5) is 34.6. The van der Waals surface area contributed by atoms with E-state index in [9.17, 15) is 14.4 Å². The van der Waals surface area contributed by atoms with E-state index in [0.29, 0.717) is 12.8 Å². The van der Waals surface area contributed by atoms with Gasteiger partial charge in [-0.1, -0.05) is 162 Å². The average molecular weight is 624 g/mol. The van der Waals surface area contributed by atoms with Crippen molar-refractivity contribution >= 4 is 17.8 Å². The number of carbonyl (C=O) groups excluding carboxylic acids is 2. The van der Waals surface area contributed by atoms with Gasteiger partial charge < -0.3 is 15.2 Å². The van der Waals surface area contributed by atoms with Gasteiger partial charge in [-0.15, -0.1) is 0 Å². The van der Waals surface area contributed by atoms with Crippen LogP contribution in [0.25, 0.3) is 0 Å². The Morgan fingerprint density at radius 2 is 0.841 bits per heavy atom. The predicted octanol–water partition coefficient (Wildman–Crippen LogP) is 11.2. The van der Waals surface area contributed by atoms with Crippen LogP contribution in [0.15, 0.2) is 0 Å². The van der Waals surface area contributed by atoms with Gasteiger partial charge in [-0.3, -0.25) is 14.4 Å². The molecule has 0 spiro atoms. The molecule has 0 radical (unpaired) electrons. The smallest absolute Gasteiger partial charge is 0.322 e. The molecule has 0 fully saturated rings. The molecular weight excluding hydrogens is 550 g/mol. The van der Waals surface area contributed by atoms with Crippen LogP contribution in [0.2, 0.25) is 0 Å². The average Bonchev–Trinajstić information content (AvgIpc) is 3.00. The number of rotatable bonds is 35. The van der Waals surface area contributed by atoms with Gasteiger partial charge in [-0.05, 0) is 38.5 Å². The van der Waals surface area contributed by atoms with Gasteiger partial charge in [-0.2, -0.15) is 0 Å². The molecule has 6 nitrogen and oxygen atoms in total. The summed E-state index contributed by atoms with van der Waals surface area (Å²) in [5.74, 6) is -1.30. The van der Waals surface area contributed by atoms with Crippen LogP contribution in [-0.4, -0.2) is 35.6 Å². The molecule has 6 heteroatoms. The monoisotopic (exact) mass is 624 g/mol. The Kier molecular flexibility index (Phi) is 33.0. The lowest BCUT2D eigenvalue weighted by atomic mass is 10.0. The van der Waals surface area contributed by atoms with Crippen molar-refractivity contribution in [3.05, 3.63) is 0 Å². The lowest BCUT2D eigenvalue weighted by Crippen LogP contribution is -2.28. The van der Waals surface area contributed by atoms with Gasteiger partial charge >= 0.3 is 11.9 Å². The largest absolute Gasteiger partial charge is 0.480 e. The minimum absolute atomic E-state index is 0.0233. The molecule has 0 bridgehead atoms. The van der Waals surface area contributed by atoms with E-state index in [0.717, 1.165) is 64.2 Å². The van der Waals surface area contributed by atoms with Gasteiger partial charge in [0.25, 0.3) is 0 Å². The minimum atomic E-state index is -1.03. The number of amides is 1. The van der Waals surface area contributed by atoms with Crippen molar-refractivity contribution in [1.29, 1.82) is 0 Å². The number of aliphatic carboxylic acids is 1. The summed E-state index contributed by atoms with van der Waals surface area (Å²) in [5.41, 5.74) is 0. The minimum Gasteiger partial charge on any atom is -0.480 e. The highest BCUT2D eigenvalue weighted by Crippen LogP contribution is 2.18. The van der Waals surface area contributed by atoms with Gasteiger partial charge in [0, 0.05) is 12.8 Å². The molecule has 0 aliphatic heterocycles. The summed E-state index contributed by atoms with van der Waals surface area (Å²) in [6.45, 7) is 4.14. The number of nitrogens with one attached hydrogen (secondary N) is 1. The van der Waals surface area contributed by atoms with Crippen molar-refractivity contribution in [3.63, 3.8) is 0 Å². The first-order chi connectivity index (χ1) is 21.5. The highest BCUT2D eigenvalue weighted by atomic mass is 16.5. The number of carboxylic acid groups (broad SMARTS) is 1. The number of unbranched alkanes of at least 4 members (excludes halogenated alkanes) is 24. The Labute approximate surface area is 272 Å². The highest BCUT2D eigenvalue weighted by Gasteiger charge is 2.14. The molecule has 0 aromatic carbocycles. The van der Waals surface area contributed by atoms with Crippen LogP contribution in [-0.2, 0) is 19.1 Å². The molecular formula is C38H73NO5. The van der Waals surface area contributed by atoms with E-state index in [1.54, 1.807) is 0 Å². The van der Waals surface area contributed by atoms with Crippen LogP contribution < -0.4 is 5.32 Å². The maximum Gasteiger partial charge on any atom is 0.322 e. The van der Waals surface area contributed by atoms with Crippen molar-refractivity contribution in [1.82, 2.24) is 5.32 Å². The lowest BCUT2D eigenvalue weighted by Gasteiger charge is -2.18. The first-order valence-corrected chi connectivity index (χ1v) is 19.2. The predicted molar refractivity (Wildman–Crippen MR) is 185 cm³/mol. The Balaban J connectivity index is 3.63. The fourth-order valence-corrected chi connectivity index (χ4v) is 5.93. The summed E-state index contributed by atoms with van der Waals surface area (Å²) >= 11 is 0. The fraction of sp³-hybridized carbons (Fsp3) is 0.921. The van der Waals surface area contributed by atoms with E-state index in [1.807, 2.05) is 0 Å². The number of hydrogen-bond donors (Lipinski definition) is 2. The Morgan fingerprint density at radius 1 is 0.500 bits per heavy atom. The zero-order valence-corrected chi connectivity index (χ0v) is 29.3. The fourth-order valence-electron chi connectivity index (χ4n) is 5.93. The van der Waals surface area contributed by atoms with Crippen LogP contribution in [0.1, 0.15) is 213 Å². The van der Waals surface area contributed by atoms with E-state index >= 15 is 0 Å². The number of hydrogen-bond acceptors (Lipinski definition) is 4. The lowest BCUT2D eigenvalue weighted by molar-refractivity contribution is -0.150. The van der Waals surface area contributed by atoms with Gasteiger partial charge in [0.2, 0.25) is 5.91 Å².